The number of carbonyl (C=O) groups is 1. The van der Waals surface area contributed by atoms with Crippen molar-refractivity contribution >= 4 is 5.91 Å². The molecule has 0 atom stereocenters. The van der Waals surface area contributed by atoms with Crippen LogP contribution in [0, 0.1) is 0 Å². The van der Waals surface area contributed by atoms with Crippen LogP contribution in [-0.4, -0.2) is 21.0 Å². The number of amides is 1. The molecular weight excluding hydrogens is 206 g/mol. The fourth-order valence-electron chi connectivity index (χ4n) is 1.31. The van der Waals surface area contributed by atoms with Gasteiger partial charge in [0.25, 0.3) is 5.91 Å². The highest BCUT2D eigenvalue weighted by Gasteiger charge is 2.05. The molecule has 1 amide bonds. The van der Waals surface area contributed by atoms with Gasteiger partial charge in [0.05, 0.1) is 6.54 Å². The van der Waals surface area contributed by atoms with Crippen LogP contribution in [0.4, 0.5) is 0 Å². The van der Waals surface area contributed by atoms with Crippen molar-refractivity contribution < 1.29 is 9.90 Å². The Labute approximate surface area is 92.2 Å². The molecule has 2 aromatic rings. The second-order valence-electron chi connectivity index (χ2n) is 3.27. The molecule has 1 aromatic heterocycles. The first kappa shape index (κ1) is 10.2. The molecule has 1 aromatic carbocycles. The van der Waals surface area contributed by atoms with E-state index in [4.69, 9.17) is 0 Å². The molecule has 2 rings (SSSR count). The van der Waals surface area contributed by atoms with Crippen molar-refractivity contribution in [3.63, 3.8) is 0 Å². The van der Waals surface area contributed by atoms with Gasteiger partial charge in [-0.05, 0) is 18.2 Å². The molecule has 0 saturated carbocycles. The van der Waals surface area contributed by atoms with Gasteiger partial charge in [0.2, 0.25) is 0 Å². The third kappa shape index (κ3) is 2.38. The zero-order valence-electron chi connectivity index (χ0n) is 8.47. The first-order valence-corrected chi connectivity index (χ1v) is 4.81. The number of aromatic nitrogens is 2. The Morgan fingerprint density at radius 1 is 1.50 bits per heavy atom. The number of aromatic amines is 1. The zero-order valence-corrected chi connectivity index (χ0v) is 8.47. The van der Waals surface area contributed by atoms with E-state index < -0.39 is 0 Å². The molecule has 5 heteroatoms. The van der Waals surface area contributed by atoms with E-state index in [1.165, 1.54) is 12.1 Å². The van der Waals surface area contributed by atoms with E-state index in [1.54, 1.807) is 24.5 Å². The van der Waals surface area contributed by atoms with Crippen LogP contribution in [0.3, 0.4) is 0 Å². The summed E-state index contributed by atoms with van der Waals surface area (Å²) in [5, 5.41) is 11.9. The van der Waals surface area contributed by atoms with E-state index >= 15 is 0 Å². The van der Waals surface area contributed by atoms with Crippen molar-refractivity contribution in [2.75, 3.05) is 0 Å². The Morgan fingerprint density at radius 2 is 2.38 bits per heavy atom. The Morgan fingerprint density at radius 3 is 3.06 bits per heavy atom. The first-order valence-electron chi connectivity index (χ1n) is 4.81. The molecule has 0 aliphatic rings. The average Bonchev–Trinajstić information content (AvgIpc) is 2.78. The lowest BCUT2D eigenvalue weighted by atomic mass is 10.2. The number of nitrogens with one attached hydrogen (secondary N) is 2. The SMILES string of the molecule is O=C(NCc1ncc[nH]1)c1cccc(O)c1. The highest BCUT2D eigenvalue weighted by Crippen LogP contribution is 2.10. The minimum absolute atomic E-state index is 0.0747. The predicted octanol–water partition coefficient (Wildman–Crippen LogP) is 1.05. The van der Waals surface area contributed by atoms with Gasteiger partial charge in [-0.2, -0.15) is 0 Å². The number of aromatic hydroxyl groups is 1. The third-order valence-corrected chi connectivity index (χ3v) is 2.08. The Bertz CT molecular complexity index is 480. The maximum absolute atomic E-state index is 11.6. The molecule has 0 unspecified atom stereocenters. The van der Waals surface area contributed by atoms with Gasteiger partial charge >= 0.3 is 0 Å². The predicted molar refractivity (Wildman–Crippen MR) is 57.9 cm³/mol. The van der Waals surface area contributed by atoms with E-state index in [1.807, 2.05) is 0 Å². The molecule has 5 nitrogen and oxygen atoms in total. The summed E-state index contributed by atoms with van der Waals surface area (Å²) in [6.45, 7) is 0.335. The maximum Gasteiger partial charge on any atom is 0.251 e. The lowest BCUT2D eigenvalue weighted by Crippen LogP contribution is -2.23. The summed E-state index contributed by atoms with van der Waals surface area (Å²) >= 11 is 0. The van der Waals surface area contributed by atoms with Crippen molar-refractivity contribution in [2.45, 2.75) is 6.54 Å². The molecule has 0 radical (unpaired) electrons. The second kappa shape index (κ2) is 4.48. The number of phenolic OH excluding ortho intramolecular Hbond substituents is 1. The van der Waals surface area contributed by atoms with Crippen molar-refractivity contribution in [1.29, 1.82) is 0 Å². The van der Waals surface area contributed by atoms with Crippen LogP contribution in [-0.2, 0) is 6.54 Å². The van der Waals surface area contributed by atoms with Gasteiger partial charge in [0.15, 0.2) is 0 Å². The smallest absolute Gasteiger partial charge is 0.251 e. The summed E-state index contributed by atoms with van der Waals surface area (Å²) in [5.74, 6) is 0.520. The van der Waals surface area contributed by atoms with Crippen molar-refractivity contribution in [1.82, 2.24) is 15.3 Å². The van der Waals surface area contributed by atoms with Gasteiger partial charge in [-0.1, -0.05) is 6.07 Å². The van der Waals surface area contributed by atoms with Crippen LogP contribution in [0.5, 0.6) is 5.75 Å². The molecule has 0 saturated heterocycles. The Hall–Kier alpha value is -2.30. The highest BCUT2D eigenvalue weighted by atomic mass is 16.3. The minimum Gasteiger partial charge on any atom is -0.508 e. The summed E-state index contributed by atoms with van der Waals surface area (Å²) < 4.78 is 0. The van der Waals surface area contributed by atoms with E-state index in [0.29, 0.717) is 17.9 Å². The quantitative estimate of drug-likeness (QED) is 0.719. The van der Waals surface area contributed by atoms with E-state index in [2.05, 4.69) is 15.3 Å². The van der Waals surface area contributed by atoms with Crippen LogP contribution in [0.1, 0.15) is 16.2 Å². The Balaban J connectivity index is 1.98. The number of H-pyrrole nitrogens is 1. The van der Waals surface area contributed by atoms with Crippen molar-refractivity contribution in [2.24, 2.45) is 0 Å². The summed E-state index contributed by atoms with van der Waals surface area (Å²) in [6.07, 6.45) is 3.31. The molecule has 0 spiro atoms. The maximum atomic E-state index is 11.6. The molecule has 0 fully saturated rings. The molecule has 82 valence electrons. The molecule has 16 heavy (non-hydrogen) atoms. The molecule has 0 aliphatic carbocycles. The monoisotopic (exact) mass is 217 g/mol. The minimum atomic E-state index is -0.243. The number of benzene rings is 1. The largest absolute Gasteiger partial charge is 0.508 e. The molecule has 0 aliphatic heterocycles. The van der Waals surface area contributed by atoms with Crippen LogP contribution < -0.4 is 5.32 Å². The average molecular weight is 217 g/mol. The Kier molecular flexibility index (Phi) is 2.86. The standard InChI is InChI=1S/C11H11N3O2/c15-9-3-1-2-8(6-9)11(16)14-7-10-12-4-5-13-10/h1-6,15H,7H2,(H,12,13)(H,14,16). The number of hydrogen-bond acceptors (Lipinski definition) is 3. The summed E-state index contributed by atoms with van der Waals surface area (Å²) in [5.41, 5.74) is 0.423. The topological polar surface area (TPSA) is 78.0 Å². The molecule has 1 heterocycles. The van der Waals surface area contributed by atoms with Gasteiger partial charge < -0.3 is 15.4 Å². The van der Waals surface area contributed by atoms with Gasteiger partial charge in [-0.15, -0.1) is 0 Å². The van der Waals surface area contributed by atoms with Crippen LogP contribution in [0.15, 0.2) is 36.7 Å². The second-order valence-corrected chi connectivity index (χ2v) is 3.27. The van der Waals surface area contributed by atoms with E-state index in [0.717, 1.165) is 0 Å². The van der Waals surface area contributed by atoms with Crippen LogP contribution in [0.25, 0.3) is 0 Å². The fourth-order valence-corrected chi connectivity index (χ4v) is 1.31. The normalized spacial score (nSPS) is 10.0. The van der Waals surface area contributed by atoms with Gasteiger partial charge in [0.1, 0.15) is 11.6 Å². The number of phenols is 1. The number of carbonyl (C=O) groups excluding carboxylic acids is 1. The molecule has 0 bridgehead atoms. The molecular formula is C11H11N3O2. The van der Waals surface area contributed by atoms with E-state index in [-0.39, 0.29) is 11.7 Å². The lowest BCUT2D eigenvalue weighted by Gasteiger charge is -2.03. The summed E-state index contributed by atoms with van der Waals surface area (Å²) in [6, 6.07) is 6.19. The van der Waals surface area contributed by atoms with Gasteiger partial charge in [-0.3, -0.25) is 4.79 Å². The van der Waals surface area contributed by atoms with Crippen molar-refractivity contribution in [3.05, 3.63) is 48.0 Å². The number of rotatable bonds is 3. The third-order valence-electron chi connectivity index (χ3n) is 2.08. The zero-order chi connectivity index (χ0) is 11.4. The van der Waals surface area contributed by atoms with Crippen LogP contribution in [0.2, 0.25) is 0 Å². The fraction of sp³-hybridized carbons (Fsp3) is 0.0909. The highest BCUT2D eigenvalue weighted by molar-refractivity contribution is 5.94. The van der Waals surface area contributed by atoms with Gasteiger partial charge in [0, 0.05) is 18.0 Å². The van der Waals surface area contributed by atoms with Gasteiger partial charge in [-0.25, -0.2) is 4.98 Å². The summed E-state index contributed by atoms with van der Waals surface area (Å²) in [4.78, 5) is 18.5. The number of imidazole rings is 1. The lowest BCUT2D eigenvalue weighted by molar-refractivity contribution is 0.0949. The van der Waals surface area contributed by atoms with Crippen LogP contribution >= 0.6 is 0 Å². The number of nitrogens with zero attached hydrogens (tertiary/aromatic N) is 1. The van der Waals surface area contributed by atoms with E-state index in [9.17, 15) is 9.90 Å². The first-order chi connectivity index (χ1) is 7.75. The molecule has 3 N–H and O–H groups in total. The number of hydrogen-bond donors (Lipinski definition) is 3. The summed E-state index contributed by atoms with van der Waals surface area (Å²) in [7, 11) is 0. The van der Waals surface area contributed by atoms with Crippen molar-refractivity contribution in [3.8, 4) is 5.75 Å².